The summed E-state index contributed by atoms with van der Waals surface area (Å²) in [5.74, 6) is 0.511. The number of sulfonamides is 1. The molecule has 1 aromatic carbocycles. The Bertz CT molecular complexity index is 722. The van der Waals surface area contributed by atoms with Gasteiger partial charge in [-0.05, 0) is 30.7 Å². The van der Waals surface area contributed by atoms with Crippen LogP contribution in [0.5, 0.6) is 5.75 Å². The molecule has 3 N–H and O–H groups in total. The summed E-state index contributed by atoms with van der Waals surface area (Å²) in [4.78, 5) is 0. The minimum absolute atomic E-state index is 0.141. The quantitative estimate of drug-likeness (QED) is 0.843. The first kappa shape index (κ1) is 15.0. The molecule has 5 nitrogen and oxygen atoms in total. The van der Waals surface area contributed by atoms with Gasteiger partial charge in [0.05, 0.1) is 22.8 Å². The lowest BCUT2D eigenvalue weighted by atomic mass is 10.2. The van der Waals surface area contributed by atoms with E-state index < -0.39 is 10.0 Å². The highest BCUT2D eigenvalue weighted by Crippen LogP contribution is 2.33. The fourth-order valence-corrected chi connectivity index (χ4v) is 4.30. The van der Waals surface area contributed by atoms with E-state index in [0.29, 0.717) is 15.8 Å². The Morgan fingerprint density at radius 3 is 2.60 bits per heavy atom. The number of hydrogen-bond donors (Lipinski definition) is 2. The Labute approximate surface area is 126 Å². The van der Waals surface area contributed by atoms with Gasteiger partial charge in [0.1, 0.15) is 9.96 Å². The van der Waals surface area contributed by atoms with Gasteiger partial charge in [-0.3, -0.25) is 4.72 Å². The molecule has 0 aliphatic heterocycles. The number of nitrogens with two attached hydrogens (primary N) is 1. The van der Waals surface area contributed by atoms with E-state index in [1.165, 1.54) is 19.2 Å². The van der Waals surface area contributed by atoms with E-state index in [1.54, 1.807) is 19.1 Å². The zero-order valence-corrected chi connectivity index (χ0v) is 13.2. The zero-order valence-electron chi connectivity index (χ0n) is 10.8. The molecule has 0 spiro atoms. The molecular weight excluding hydrogens is 320 g/mol. The third kappa shape index (κ3) is 3.00. The Balaban J connectivity index is 2.37. The van der Waals surface area contributed by atoms with Crippen molar-refractivity contribution in [3.05, 3.63) is 34.2 Å². The van der Waals surface area contributed by atoms with Crippen molar-refractivity contribution < 1.29 is 13.2 Å². The van der Waals surface area contributed by atoms with Gasteiger partial charge < -0.3 is 10.5 Å². The molecule has 0 fully saturated rings. The highest BCUT2D eigenvalue weighted by molar-refractivity contribution is 7.94. The molecule has 0 saturated heterocycles. The largest absolute Gasteiger partial charge is 0.497 e. The Morgan fingerprint density at radius 2 is 2.05 bits per heavy atom. The molecule has 20 heavy (non-hydrogen) atoms. The molecule has 0 saturated carbocycles. The van der Waals surface area contributed by atoms with Crippen molar-refractivity contribution >= 4 is 44.3 Å². The van der Waals surface area contributed by atoms with E-state index in [2.05, 4.69) is 4.72 Å². The number of nitrogens with one attached hydrogen (secondary N) is 1. The summed E-state index contributed by atoms with van der Waals surface area (Å²) < 4.78 is 32.6. The minimum atomic E-state index is -3.71. The van der Waals surface area contributed by atoms with Gasteiger partial charge in [-0.1, -0.05) is 11.6 Å². The van der Waals surface area contributed by atoms with Crippen molar-refractivity contribution in [2.75, 3.05) is 17.6 Å². The van der Waals surface area contributed by atoms with Gasteiger partial charge in [0.2, 0.25) is 0 Å². The maximum absolute atomic E-state index is 12.3. The van der Waals surface area contributed by atoms with Crippen molar-refractivity contribution in [2.24, 2.45) is 0 Å². The number of hydrogen-bond acceptors (Lipinski definition) is 5. The van der Waals surface area contributed by atoms with Crippen molar-refractivity contribution in [1.82, 2.24) is 0 Å². The Kier molecular flexibility index (Phi) is 4.12. The summed E-state index contributed by atoms with van der Waals surface area (Å²) in [6.45, 7) is 1.75. The van der Waals surface area contributed by atoms with Gasteiger partial charge in [-0.2, -0.15) is 0 Å². The summed E-state index contributed by atoms with van der Waals surface area (Å²) >= 11 is 6.90. The molecule has 0 unspecified atom stereocenters. The molecule has 0 bridgehead atoms. The van der Waals surface area contributed by atoms with Gasteiger partial charge in [-0.25, -0.2) is 8.42 Å². The van der Waals surface area contributed by atoms with Crippen LogP contribution in [0.4, 0.5) is 11.4 Å². The average molecular weight is 333 g/mol. The van der Waals surface area contributed by atoms with Crippen molar-refractivity contribution in [3.8, 4) is 5.75 Å². The van der Waals surface area contributed by atoms with E-state index >= 15 is 0 Å². The topological polar surface area (TPSA) is 81.4 Å². The van der Waals surface area contributed by atoms with Gasteiger partial charge in [0, 0.05) is 6.07 Å². The number of thiophene rings is 1. The number of ether oxygens (including phenoxy) is 1. The highest BCUT2D eigenvalue weighted by atomic mass is 35.5. The first-order chi connectivity index (χ1) is 9.33. The second-order valence-corrected chi connectivity index (χ2v) is 7.64. The molecule has 0 amide bonds. The molecule has 8 heteroatoms. The van der Waals surface area contributed by atoms with Crippen LogP contribution in [-0.4, -0.2) is 15.5 Å². The smallest absolute Gasteiger partial charge is 0.271 e. The fourth-order valence-electron chi connectivity index (χ4n) is 1.51. The normalized spacial score (nSPS) is 11.3. The predicted molar refractivity (Wildman–Crippen MR) is 82.3 cm³/mol. The third-order valence-corrected chi connectivity index (χ3v) is 6.00. The van der Waals surface area contributed by atoms with Crippen LogP contribution >= 0.6 is 22.9 Å². The number of anilines is 2. The van der Waals surface area contributed by atoms with E-state index in [-0.39, 0.29) is 9.90 Å². The van der Waals surface area contributed by atoms with E-state index in [4.69, 9.17) is 22.1 Å². The lowest BCUT2D eigenvalue weighted by Gasteiger charge is -2.10. The fraction of sp³-hybridized carbons (Fsp3) is 0.167. The average Bonchev–Trinajstić information content (AvgIpc) is 2.73. The second-order valence-electron chi connectivity index (χ2n) is 4.08. The number of halogens is 1. The summed E-state index contributed by atoms with van der Waals surface area (Å²) in [5.41, 5.74) is 7.06. The van der Waals surface area contributed by atoms with Gasteiger partial charge >= 0.3 is 0 Å². The molecule has 108 valence electrons. The van der Waals surface area contributed by atoms with Crippen molar-refractivity contribution in [1.29, 1.82) is 0 Å². The summed E-state index contributed by atoms with van der Waals surface area (Å²) in [5, 5.41) is 0. The van der Waals surface area contributed by atoms with Gasteiger partial charge in [-0.15, -0.1) is 11.3 Å². The molecule has 1 heterocycles. The molecule has 0 atom stereocenters. The van der Waals surface area contributed by atoms with Crippen LogP contribution in [-0.2, 0) is 10.0 Å². The van der Waals surface area contributed by atoms with Crippen LogP contribution in [0.15, 0.2) is 28.5 Å². The van der Waals surface area contributed by atoms with E-state index in [1.807, 2.05) is 0 Å². The second kappa shape index (κ2) is 5.51. The maximum atomic E-state index is 12.3. The number of rotatable bonds is 4. The first-order valence-electron chi connectivity index (χ1n) is 5.56. The molecule has 1 aromatic heterocycles. The van der Waals surface area contributed by atoms with Crippen molar-refractivity contribution in [2.45, 2.75) is 11.1 Å². The molecular formula is C12H13ClN2O3S2. The van der Waals surface area contributed by atoms with E-state index in [0.717, 1.165) is 16.9 Å². The third-order valence-electron chi connectivity index (χ3n) is 2.60. The van der Waals surface area contributed by atoms with Gasteiger partial charge in [0.15, 0.2) is 0 Å². The van der Waals surface area contributed by atoms with E-state index in [9.17, 15) is 8.42 Å². The summed E-state index contributed by atoms with van der Waals surface area (Å²) in [6, 6.07) is 6.27. The standard InChI is InChI=1S/C12H13ClN2O3S2/c1-7-5-11(19-12(7)13)20(16,17)15-10-6-8(18-2)3-4-9(10)14/h3-6,15H,14H2,1-2H3. The van der Waals surface area contributed by atoms with Crippen LogP contribution in [0.1, 0.15) is 5.56 Å². The number of benzene rings is 1. The van der Waals surface area contributed by atoms with Crippen LogP contribution < -0.4 is 15.2 Å². The lowest BCUT2D eigenvalue weighted by Crippen LogP contribution is -2.13. The van der Waals surface area contributed by atoms with Crippen molar-refractivity contribution in [3.63, 3.8) is 0 Å². The van der Waals surface area contributed by atoms with Gasteiger partial charge in [0.25, 0.3) is 10.0 Å². The molecule has 0 aliphatic rings. The highest BCUT2D eigenvalue weighted by Gasteiger charge is 2.19. The molecule has 2 aromatic rings. The zero-order chi connectivity index (χ0) is 14.9. The van der Waals surface area contributed by atoms with Crippen LogP contribution in [0, 0.1) is 6.92 Å². The number of nitrogen functional groups attached to an aromatic ring is 1. The number of methoxy groups -OCH3 is 1. The SMILES string of the molecule is COc1ccc(N)c(NS(=O)(=O)c2cc(C)c(Cl)s2)c1. The Hall–Kier alpha value is -1.44. The summed E-state index contributed by atoms with van der Waals surface area (Å²) in [6.07, 6.45) is 0. The maximum Gasteiger partial charge on any atom is 0.271 e. The molecule has 0 aliphatic carbocycles. The Morgan fingerprint density at radius 1 is 1.35 bits per heavy atom. The first-order valence-corrected chi connectivity index (χ1v) is 8.23. The van der Waals surface area contributed by atoms with Crippen LogP contribution in [0.25, 0.3) is 0 Å². The summed E-state index contributed by atoms with van der Waals surface area (Å²) in [7, 11) is -2.22. The predicted octanol–water partition coefficient (Wildman–Crippen LogP) is 3.10. The lowest BCUT2D eigenvalue weighted by molar-refractivity contribution is 0.415. The minimum Gasteiger partial charge on any atom is -0.497 e. The molecule has 0 radical (unpaired) electrons. The number of aryl methyl sites for hydroxylation is 1. The van der Waals surface area contributed by atoms with Crippen LogP contribution in [0.3, 0.4) is 0 Å². The monoisotopic (exact) mass is 332 g/mol. The molecule has 2 rings (SSSR count). The van der Waals surface area contributed by atoms with Crippen LogP contribution in [0.2, 0.25) is 4.34 Å².